The fourth-order valence-corrected chi connectivity index (χ4v) is 4.21. The van der Waals surface area contributed by atoms with Gasteiger partial charge in [0.25, 0.3) is 0 Å². The van der Waals surface area contributed by atoms with E-state index >= 15 is 0 Å². The molecule has 0 bridgehead atoms. The van der Waals surface area contributed by atoms with E-state index in [2.05, 4.69) is 0 Å². The standard InChI is InChI=1S/C17H20O4/c1-16-7-6-12(18)10-17(16,15(19)20)8-5-11-9-13(21-2)3-4-14(11)16/h3-4,9H,5-8,10H2,1-2H3,(H,19,20)/t16-,17-/m1/s1. The lowest BCUT2D eigenvalue weighted by Crippen LogP contribution is -2.55. The molecule has 4 nitrogen and oxygen atoms in total. The van der Waals surface area contributed by atoms with Crippen LogP contribution in [-0.4, -0.2) is 24.0 Å². The van der Waals surface area contributed by atoms with Crippen LogP contribution in [0.5, 0.6) is 5.75 Å². The van der Waals surface area contributed by atoms with Gasteiger partial charge in [-0.25, -0.2) is 0 Å². The van der Waals surface area contributed by atoms with Crippen LogP contribution >= 0.6 is 0 Å². The molecule has 0 radical (unpaired) electrons. The number of hydrogen-bond donors (Lipinski definition) is 1. The van der Waals surface area contributed by atoms with Crippen LogP contribution in [0.15, 0.2) is 18.2 Å². The number of ether oxygens (including phenoxy) is 1. The third-order valence-corrected chi connectivity index (χ3v) is 5.60. The van der Waals surface area contributed by atoms with Gasteiger partial charge in [0.15, 0.2) is 0 Å². The molecule has 2 aliphatic rings. The van der Waals surface area contributed by atoms with Crippen molar-refractivity contribution in [1.29, 1.82) is 0 Å². The van der Waals surface area contributed by atoms with Crippen molar-refractivity contribution >= 4 is 11.8 Å². The smallest absolute Gasteiger partial charge is 0.310 e. The number of carboxylic acids is 1. The van der Waals surface area contributed by atoms with Crippen molar-refractivity contribution in [2.75, 3.05) is 7.11 Å². The van der Waals surface area contributed by atoms with Gasteiger partial charge >= 0.3 is 5.97 Å². The normalized spacial score (nSPS) is 31.2. The van der Waals surface area contributed by atoms with Gasteiger partial charge in [-0.15, -0.1) is 0 Å². The molecule has 21 heavy (non-hydrogen) atoms. The van der Waals surface area contributed by atoms with Crippen molar-refractivity contribution in [3.63, 3.8) is 0 Å². The lowest BCUT2D eigenvalue weighted by atomic mass is 9.49. The summed E-state index contributed by atoms with van der Waals surface area (Å²) in [5.41, 5.74) is 0.795. The number of Topliss-reactive ketones (excluding diaryl/α,β-unsaturated/α-hetero) is 1. The van der Waals surface area contributed by atoms with Gasteiger partial charge in [0.2, 0.25) is 0 Å². The fraction of sp³-hybridized carbons (Fsp3) is 0.529. The predicted octanol–water partition coefficient (Wildman–Crippen LogP) is 2.72. The molecule has 0 heterocycles. The van der Waals surface area contributed by atoms with Crippen LogP contribution in [0.25, 0.3) is 0 Å². The van der Waals surface area contributed by atoms with Gasteiger partial charge < -0.3 is 9.84 Å². The molecule has 0 aliphatic heterocycles. The summed E-state index contributed by atoms with van der Waals surface area (Å²) in [6.07, 6.45) is 2.44. The molecule has 1 aromatic rings. The monoisotopic (exact) mass is 288 g/mol. The zero-order valence-electron chi connectivity index (χ0n) is 12.4. The Morgan fingerprint density at radius 2 is 2.05 bits per heavy atom. The number of carbonyl (C=O) groups excluding carboxylic acids is 1. The van der Waals surface area contributed by atoms with Crippen LogP contribution in [0.3, 0.4) is 0 Å². The summed E-state index contributed by atoms with van der Waals surface area (Å²) in [4.78, 5) is 23.9. The highest BCUT2D eigenvalue weighted by molar-refractivity contribution is 5.90. The van der Waals surface area contributed by atoms with Gasteiger partial charge in [-0.1, -0.05) is 13.0 Å². The summed E-state index contributed by atoms with van der Waals surface area (Å²) in [7, 11) is 1.63. The summed E-state index contributed by atoms with van der Waals surface area (Å²) in [5, 5.41) is 9.86. The number of ketones is 1. The highest BCUT2D eigenvalue weighted by Crippen LogP contribution is 2.57. The Labute approximate surface area is 124 Å². The minimum absolute atomic E-state index is 0.0758. The maximum atomic E-state index is 12.0. The average Bonchev–Trinajstić information content (AvgIpc) is 2.47. The minimum Gasteiger partial charge on any atom is -0.497 e. The summed E-state index contributed by atoms with van der Waals surface area (Å²) in [5.74, 6) is 0.0402. The zero-order valence-corrected chi connectivity index (χ0v) is 12.4. The number of fused-ring (bicyclic) bond motifs is 3. The first kappa shape index (κ1) is 14.1. The first-order valence-corrected chi connectivity index (χ1v) is 7.35. The number of carbonyl (C=O) groups is 2. The number of aliphatic carboxylic acids is 1. The number of hydrogen-bond acceptors (Lipinski definition) is 3. The molecule has 0 spiro atoms. The van der Waals surface area contributed by atoms with Crippen LogP contribution < -0.4 is 4.74 Å². The van der Waals surface area contributed by atoms with Crippen molar-refractivity contribution in [2.24, 2.45) is 5.41 Å². The van der Waals surface area contributed by atoms with Crippen LogP contribution in [-0.2, 0) is 21.4 Å². The number of aryl methyl sites for hydroxylation is 1. The van der Waals surface area contributed by atoms with E-state index in [0.717, 1.165) is 16.9 Å². The molecule has 1 fully saturated rings. The summed E-state index contributed by atoms with van der Waals surface area (Å²) in [6, 6.07) is 5.88. The van der Waals surface area contributed by atoms with Gasteiger partial charge in [0, 0.05) is 18.3 Å². The third-order valence-electron chi connectivity index (χ3n) is 5.60. The van der Waals surface area contributed by atoms with Gasteiger partial charge in [-0.2, -0.15) is 0 Å². The summed E-state index contributed by atoms with van der Waals surface area (Å²) in [6.45, 7) is 2.01. The van der Waals surface area contributed by atoms with E-state index in [9.17, 15) is 14.7 Å². The van der Waals surface area contributed by atoms with Gasteiger partial charge in [-0.3, -0.25) is 9.59 Å². The van der Waals surface area contributed by atoms with Crippen molar-refractivity contribution in [1.82, 2.24) is 0 Å². The van der Waals surface area contributed by atoms with Crippen LogP contribution in [0.1, 0.15) is 43.7 Å². The van der Waals surface area contributed by atoms with E-state index in [1.54, 1.807) is 7.11 Å². The summed E-state index contributed by atoms with van der Waals surface area (Å²) >= 11 is 0. The number of methoxy groups -OCH3 is 1. The Kier molecular flexibility index (Phi) is 3.08. The molecule has 1 N–H and O–H groups in total. The molecule has 0 amide bonds. The minimum atomic E-state index is -0.954. The van der Waals surface area contributed by atoms with Crippen LogP contribution in [0.2, 0.25) is 0 Å². The first-order chi connectivity index (χ1) is 9.93. The fourth-order valence-electron chi connectivity index (χ4n) is 4.21. The lowest BCUT2D eigenvalue weighted by molar-refractivity contribution is -0.161. The molecule has 0 saturated heterocycles. The van der Waals surface area contributed by atoms with E-state index in [1.807, 2.05) is 25.1 Å². The molecular weight excluding hydrogens is 268 g/mol. The Hall–Kier alpha value is -1.84. The molecule has 4 heteroatoms. The second-order valence-electron chi connectivity index (χ2n) is 6.46. The quantitative estimate of drug-likeness (QED) is 0.909. The Morgan fingerprint density at radius 3 is 2.71 bits per heavy atom. The van der Waals surface area contributed by atoms with E-state index in [1.165, 1.54) is 0 Å². The van der Waals surface area contributed by atoms with Crippen LogP contribution in [0, 0.1) is 5.41 Å². The van der Waals surface area contributed by atoms with Gasteiger partial charge in [0.1, 0.15) is 11.5 Å². The topological polar surface area (TPSA) is 63.6 Å². The SMILES string of the molecule is COc1ccc2c(c1)CC[C@]1(C(=O)O)CC(=O)CC[C@]21C. The molecule has 1 aromatic carbocycles. The Bertz CT molecular complexity index is 621. The molecule has 2 aliphatic carbocycles. The second kappa shape index (κ2) is 4.58. The first-order valence-electron chi connectivity index (χ1n) is 7.35. The molecule has 0 unspecified atom stereocenters. The van der Waals surface area contributed by atoms with Crippen molar-refractivity contribution in [3.8, 4) is 5.75 Å². The number of carboxylic acid groups (broad SMARTS) is 1. The van der Waals surface area contributed by atoms with E-state index in [0.29, 0.717) is 25.7 Å². The second-order valence-corrected chi connectivity index (χ2v) is 6.46. The number of rotatable bonds is 2. The van der Waals surface area contributed by atoms with Gasteiger partial charge in [0.05, 0.1) is 12.5 Å². The van der Waals surface area contributed by atoms with Crippen molar-refractivity contribution < 1.29 is 19.4 Å². The van der Waals surface area contributed by atoms with Crippen LogP contribution in [0.4, 0.5) is 0 Å². The summed E-state index contributed by atoms with van der Waals surface area (Å²) < 4.78 is 5.27. The van der Waals surface area contributed by atoms with E-state index in [4.69, 9.17) is 4.74 Å². The highest BCUT2D eigenvalue weighted by atomic mass is 16.5. The van der Waals surface area contributed by atoms with E-state index < -0.39 is 16.8 Å². The third kappa shape index (κ3) is 1.81. The highest BCUT2D eigenvalue weighted by Gasteiger charge is 2.59. The zero-order chi connectivity index (χ0) is 15.3. The largest absolute Gasteiger partial charge is 0.497 e. The predicted molar refractivity (Wildman–Crippen MR) is 77.6 cm³/mol. The van der Waals surface area contributed by atoms with Crippen molar-refractivity contribution in [2.45, 2.75) is 44.4 Å². The maximum Gasteiger partial charge on any atom is 0.310 e. The molecular formula is C17H20O4. The maximum absolute atomic E-state index is 12.0. The average molecular weight is 288 g/mol. The Morgan fingerprint density at radius 1 is 1.29 bits per heavy atom. The molecule has 0 aromatic heterocycles. The molecule has 2 atom stereocenters. The van der Waals surface area contributed by atoms with E-state index in [-0.39, 0.29) is 12.2 Å². The Balaban J connectivity index is 2.17. The molecule has 112 valence electrons. The molecule has 1 saturated carbocycles. The lowest BCUT2D eigenvalue weighted by Gasteiger charge is -2.52. The van der Waals surface area contributed by atoms with Crippen molar-refractivity contribution in [3.05, 3.63) is 29.3 Å². The number of benzene rings is 1. The van der Waals surface area contributed by atoms with Gasteiger partial charge in [-0.05, 0) is 42.5 Å². The molecule has 3 rings (SSSR count).